The molecule has 0 aliphatic carbocycles. The molecule has 0 radical (unpaired) electrons. The number of carbonyl (C=O) groups is 2. The third-order valence-corrected chi connectivity index (χ3v) is 6.44. The highest BCUT2D eigenvalue weighted by molar-refractivity contribution is 5.80. The van der Waals surface area contributed by atoms with Gasteiger partial charge in [-0.15, -0.1) is 0 Å². The Labute approximate surface area is 167 Å². The van der Waals surface area contributed by atoms with Crippen LogP contribution in [0.5, 0.6) is 5.75 Å². The fourth-order valence-electron chi connectivity index (χ4n) is 4.92. The number of fused-ring (bicyclic) bond motifs is 4. The van der Waals surface area contributed by atoms with E-state index in [1.807, 2.05) is 17.0 Å². The second-order valence-corrected chi connectivity index (χ2v) is 8.42. The number of likely N-dealkylation sites (tertiary alicyclic amines) is 1. The van der Waals surface area contributed by atoms with E-state index in [1.165, 1.54) is 12.0 Å². The number of carbonyl (C=O) groups excluding carboxylic acids is 2. The molecule has 6 nitrogen and oxygen atoms in total. The minimum Gasteiger partial charge on any atom is -0.497 e. The van der Waals surface area contributed by atoms with Crippen molar-refractivity contribution in [1.82, 2.24) is 14.7 Å². The Kier molecular flexibility index (Phi) is 5.85. The van der Waals surface area contributed by atoms with E-state index in [2.05, 4.69) is 21.9 Å². The second kappa shape index (κ2) is 8.52. The van der Waals surface area contributed by atoms with Crippen molar-refractivity contribution in [3.63, 3.8) is 0 Å². The molecule has 2 amide bonds. The molecule has 2 bridgehead atoms. The van der Waals surface area contributed by atoms with E-state index >= 15 is 0 Å². The van der Waals surface area contributed by atoms with Gasteiger partial charge in [-0.1, -0.05) is 12.1 Å². The monoisotopic (exact) mass is 385 g/mol. The van der Waals surface area contributed by atoms with E-state index in [1.54, 1.807) is 7.11 Å². The van der Waals surface area contributed by atoms with Crippen LogP contribution in [0.3, 0.4) is 0 Å². The van der Waals surface area contributed by atoms with Crippen LogP contribution in [0.25, 0.3) is 0 Å². The molecule has 28 heavy (non-hydrogen) atoms. The number of amides is 2. The van der Waals surface area contributed by atoms with Crippen molar-refractivity contribution >= 4 is 11.8 Å². The Morgan fingerprint density at radius 3 is 2.68 bits per heavy atom. The second-order valence-electron chi connectivity index (χ2n) is 8.42. The van der Waals surface area contributed by atoms with E-state index in [0.717, 1.165) is 51.3 Å². The van der Waals surface area contributed by atoms with Gasteiger partial charge in [-0.2, -0.15) is 0 Å². The Morgan fingerprint density at radius 1 is 1.14 bits per heavy atom. The van der Waals surface area contributed by atoms with Gasteiger partial charge in [-0.25, -0.2) is 0 Å². The molecule has 0 saturated carbocycles. The van der Waals surface area contributed by atoms with Crippen molar-refractivity contribution < 1.29 is 14.3 Å². The largest absolute Gasteiger partial charge is 0.497 e. The first-order valence-corrected chi connectivity index (χ1v) is 10.5. The fourth-order valence-corrected chi connectivity index (χ4v) is 4.92. The van der Waals surface area contributed by atoms with Crippen LogP contribution in [0.2, 0.25) is 0 Å². The molecule has 6 heteroatoms. The van der Waals surface area contributed by atoms with Crippen molar-refractivity contribution in [2.75, 3.05) is 39.8 Å². The standard InChI is InChI=1S/C22H31N3O3/c1-28-20-8-5-17(6-9-20)13-23-14-18-4-7-19(16-23)25(15-18)22(27)10-12-24-11-2-3-21(24)26/h5-6,8-9,18-19H,2-4,7,10-16H2,1H3/t18-,19+/m0/s1. The lowest BCUT2D eigenvalue weighted by Gasteiger charge is -2.36. The molecule has 4 fully saturated rings. The molecule has 0 N–H and O–H groups in total. The lowest BCUT2D eigenvalue weighted by Crippen LogP contribution is -2.48. The average molecular weight is 386 g/mol. The SMILES string of the molecule is COc1ccc(CN2C[C@@H]3CC[C@H](C2)N(C(=O)CCN2CCCC2=O)C3)cc1. The lowest BCUT2D eigenvalue weighted by atomic mass is 9.94. The summed E-state index contributed by atoms with van der Waals surface area (Å²) in [5.74, 6) is 1.86. The Bertz CT molecular complexity index is 705. The zero-order valence-corrected chi connectivity index (χ0v) is 16.8. The van der Waals surface area contributed by atoms with E-state index < -0.39 is 0 Å². The molecule has 2 atom stereocenters. The van der Waals surface area contributed by atoms with E-state index in [4.69, 9.17) is 4.74 Å². The highest BCUT2D eigenvalue weighted by Gasteiger charge is 2.37. The maximum atomic E-state index is 12.9. The van der Waals surface area contributed by atoms with Gasteiger partial charge in [0.15, 0.2) is 0 Å². The summed E-state index contributed by atoms with van der Waals surface area (Å²) in [4.78, 5) is 31.2. The first kappa shape index (κ1) is 19.2. The van der Waals surface area contributed by atoms with Crippen molar-refractivity contribution in [3.8, 4) is 5.75 Å². The normalized spacial score (nSPS) is 25.2. The van der Waals surface area contributed by atoms with Gasteiger partial charge in [0.1, 0.15) is 5.75 Å². The fraction of sp³-hybridized carbons (Fsp3) is 0.636. The molecule has 0 spiro atoms. The number of ether oxygens (including phenoxy) is 1. The summed E-state index contributed by atoms with van der Waals surface area (Å²) in [7, 11) is 1.69. The number of piperidine rings is 1. The molecule has 4 saturated heterocycles. The average Bonchev–Trinajstić information content (AvgIpc) is 2.92. The third kappa shape index (κ3) is 4.32. The molecule has 152 valence electrons. The van der Waals surface area contributed by atoms with E-state index in [-0.39, 0.29) is 11.8 Å². The summed E-state index contributed by atoms with van der Waals surface area (Å²) < 4.78 is 5.25. The first-order valence-electron chi connectivity index (χ1n) is 10.5. The molecule has 4 heterocycles. The maximum Gasteiger partial charge on any atom is 0.224 e. The summed E-state index contributed by atoms with van der Waals surface area (Å²) in [5, 5.41) is 0. The van der Waals surface area contributed by atoms with Crippen molar-refractivity contribution in [3.05, 3.63) is 29.8 Å². The van der Waals surface area contributed by atoms with E-state index in [9.17, 15) is 9.59 Å². The molecular formula is C22H31N3O3. The first-order chi connectivity index (χ1) is 13.6. The summed E-state index contributed by atoms with van der Waals surface area (Å²) in [6, 6.07) is 8.58. The van der Waals surface area contributed by atoms with Crippen molar-refractivity contribution in [2.45, 2.75) is 44.7 Å². The topological polar surface area (TPSA) is 53.1 Å². The summed E-state index contributed by atoms with van der Waals surface area (Å²) in [5.41, 5.74) is 1.28. The summed E-state index contributed by atoms with van der Waals surface area (Å²) in [6.45, 7) is 5.18. The Morgan fingerprint density at radius 2 is 1.96 bits per heavy atom. The maximum absolute atomic E-state index is 12.9. The van der Waals surface area contributed by atoms with Gasteiger partial charge in [0.2, 0.25) is 11.8 Å². The molecule has 0 aromatic heterocycles. The van der Waals surface area contributed by atoms with Crippen molar-refractivity contribution in [1.29, 1.82) is 0 Å². The van der Waals surface area contributed by atoms with Gasteiger partial charge >= 0.3 is 0 Å². The molecule has 4 aliphatic rings. The molecule has 4 aliphatic heterocycles. The van der Waals surface area contributed by atoms with Crippen LogP contribution in [0.1, 0.15) is 37.7 Å². The van der Waals surface area contributed by atoms with Crippen LogP contribution in [0.4, 0.5) is 0 Å². The molecule has 1 aromatic carbocycles. The van der Waals surface area contributed by atoms with Crippen LogP contribution in [0.15, 0.2) is 24.3 Å². The predicted octanol–water partition coefficient (Wildman–Crippen LogP) is 2.13. The van der Waals surface area contributed by atoms with Gasteiger partial charge in [-0.05, 0) is 42.9 Å². The minimum absolute atomic E-state index is 0.204. The van der Waals surface area contributed by atoms with Gasteiger partial charge in [-0.3, -0.25) is 14.5 Å². The number of hydrogen-bond acceptors (Lipinski definition) is 4. The third-order valence-electron chi connectivity index (χ3n) is 6.44. The highest BCUT2D eigenvalue weighted by atomic mass is 16.5. The van der Waals surface area contributed by atoms with Crippen LogP contribution in [-0.2, 0) is 16.1 Å². The lowest BCUT2D eigenvalue weighted by molar-refractivity contribution is -0.136. The number of nitrogens with zero attached hydrogens (tertiary/aromatic N) is 3. The number of methoxy groups -OCH3 is 1. The van der Waals surface area contributed by atoms with Crippen LogP contribution < -0.4 is 4.74 Å². The Balaban J connectivity index is 1.34. The van der Waals surface area contributed by atoms with Gasteiger partial charge in [0.25, 0.3) is 0 Å². The predicted molar refractivity (Wildman–Crippen MR) is 107 cm³/mol. The molecule has 1 aromatic rings. The molecular weight excluding hydrogens is 354 g/mol. The quantitative estimate of drug-likeness (QED) is 0.753. The zero-order valence-electron chi connectivity index (χ0n) is 16.8. The van der Waals surface area contributed by atoms with Crippen LogP contribution in [0, 0.1) is 5.92 Å². The summed E-state index contributed by atoms with van der Waals surface area (Å²) >= 11 is 0. The van der Waals surface area contributed by atoms with Crippen LogP contribution >= 0.6 is 0 Å². The van der Waals surface area contributed by atoms with Gasteiger partial charge < -0.3 is 14.5 Å². The van der Waals surface area contributed by atoms with Gasteiger partial charge in [0, 0.05) is 58.2 Å². The highest BCUT2D eigenvalue weighted by Crippen LogP contribution is 2.29. The number of benzene rings is 1. The summed E-state index contributed by atoms with van der Waals surface area (Å²) in [6.07, 6.45) is 4.34. The van der Waals surface area contributed by atoms with Crippen LogP contribution in [-0.4, -0.2) is 72.4 Å². The zero-order chi connectivity index (χ0) is 19.5. The van der Waals surface area contributed by atoms with Gasteiger partial charge in [0.05, 0.1) is 7.11 Å². The Hall–Kier alpha value is -2.08. The molecule has 0 unspecified atom stereocenters. The van der Waals surface area contributed by atoms with Crippen molar-refractivity contribution in [2.24, 2.45) is 5.92 Å². The number of rotatable bonds is 6. The number of hydrogen-bond donors (Lipinski definition) is 0. The molecule has 5 rings (SSSR count). The minimum atomic E-state index is 0.204. The smallest absolute Gasteiger partial charge is 0.224 e. The van der Waals surface area contributed by atoms with E-state index in [0.29, 0.717) is 31.3 Å².